The van der Waals surface area contributed by atoms with Crippen LogP contribution in [-0.2, 0) is 0 Å². The maximum Gasteiger partial charge on any atom is 0.272 e. The first kappa shape index (κ1) is 20.1. The average Bonchev–Trinajstić information content (AvgIpc) is 3.26. The lowest BCUT2D eigenvalue weighted by Gasteiger charge is -2.21. The predicted molar refractivity (Wildman–Crippen MR) is 110 cm³/mol. The number of nitro benzene ring substituents is 1. The van der Waals surface area contributed by atoms with E-state index in [1.54, 1.807) is 24.3 Å². The summed E-state index contributed by atoms with van der Waals surface area (Å²) in [5, 5.41) is 11.1. The predicted octanol–water partition coefficient (Wildman–Crippen LogP) is 2.34. The third kappa shape index (κ3) is 4.63. The fourth-order valence-electron chi connectivity index (χ4n) is 3.23. The van der Waals surface area contributed by atoms with Crippen LogP contribution in [0.15, 0.2) is 42.5 Å². The highest BCUT2D eigenvalue weighted by Crippen LogP contribution is 2.28. The van der Waals surface area contributed by atoms with Crippen LogP contribution in [0.2, 0.25) is 0 Å². The minimum Gasteiger partial charge on any atom is -0.378 e. The van der Waals surface area contributed by atoms with Gasteiger partial charge < -0.3 is 9.80 Å². The van der Waals surface area contributed by atoms with E-state index in [4.69, 9.17) is 0 Å². The largest absolute Gasteiger partial charge is 0.378 e. The molecule has 1 aliphatic heterocycles. The molecule has 29 heavy (non-hydrogen) atoms. The monoisotopic (exact) mass is 397 g/mol. The summed E-state index contributed by atoms with van der Waals surface area (Å²) >= 11 is 0. The van der Waals surface area contributed by atoms with Crippen molar-refractivity contribution in [2.45, 2.75) is 12.8 Å². The van der Waals surface area contributed by atoms with Gasteiger partial charge in [0.25, 0.3) is 17.5 Å². The zero-order valence-electron chi connectivity index (χ0n) is 16.3. The molecule has 0 unspecified atom stereocenters. The summed E-state index contributed by atoms with van der Waals surface area (Å²) < 4.78 is 0. The first-order valence-electron chi connectivity index (χ1n) is 9.28. The van der Waals surface area contributed by atoms with E-state index >= 15 is 0 Å². The summed E-state index contributed by atoms with van der Waals surface area (Å²) in [7, 11) is 3.72. The molecule has 152 valence electrons. The molecule has 0 bridgehead atoms. The number of benzene rings is 2. The maximum atomic E-state index is 12.7. The molecule has 3 rings (SSSR count). The molecule has 2 aromatic carbocycles. The van der Waals surface area contributed by atoms with Gasteiger partial charge in [-0.25, -0.2) is 0 Å². The fraction of sp³-hybridized carbons (Fsp3) is 0.300. The van der Waals surface area contributed by atoms with Crippen LogP contribution in [0.4, 0.5) is 17.1 Å². The van der Waals surface area contributed by atoms with Crippen LogP contribution in [0.25, 0.3) is 0 Å². The third-order valence-electron chi connectivity index (χ3n) is 4.80. The van der Waals surface area contributed by atoms with Crippen LogP contribution < -0.4 is 20.7 Å². The molecular weight excluding hydrogens is 374 g/mol. The lowest BCUT2D eigenvalue weighted by atomic mass is 10.1. The molecule has 0 saturated carbocycles. The second kappa shape index (κ2) is 8.59. The van der Waals surface area contributed by atoms with Crippen molar-refractivity contribution < 1.29 is 14.5 Å². The lowest BCUT2D eigenvalue weighted by Crippen LogP contribution is -2.42. The third-order valence-corrected chi connectivity index (χ3v) is 4.80. The van der Waals surface area contributed by atoms with Crippen LogP contribution in [0.5, 0.6) is 0 Å². The van der Waals surface area contributed by atoms with Crippen molar-refractivity contribution in [1.82, 2.24) is 10.9 Å². The van der Waals surface area contributed by atoms with E-state index in [-0.39, 0.29) is 11.3 Å². The van der Waals surface area contributed by atoms with Gasteiger partial charge >= 0.3 is 0 Å². The molecule has 0 aliphatic carbocycles. The summed E-state index contributed by atoms with van der Waals surface area (Å²) in [6.45, 7) is 1.56. The van der Waals surface area contributed by atoms with Crippen LogP contribution >= 0.6 is 0 Å². The summed E-state index contributed by atoms with van der Waals surface area (Å²) in [6.07, 6.45) is 1.99. The number of carbonyl (C=O) groups excluding carboxylic acids is 2. The Morgan fingerprint density at radius 2 is 1.72 bits per heavy atom. The van der Waals surface area contributed by atoms with E-state index in [0.29, 0.717) is 11.3 Å². The molecule has 0 aromatic heterocycles. The molecule has 1 aliphatic rings. The normalized spacial score (nSPS) is 13.1. The highest BCUT2D eigenvalue weighted by Gasteiger charge is 2.23. The quantitative estimate of drug-likeness (QED) is 0.592. The Morgan fingerprint density at radius 3 is 2.38 bits per heavy atom. The van der Waals surface area contributed by atoms with Crippen LogP contribution in [0, 0.1) is 10.1 Å². The van der Waals surface area contributed by atoms with Crippen LogP contribution in [0.1, 0.15) is 33.6 Å². The van der Waals surface area contributed by atoms with Gasteiger partial charge in [-0.05, 0) is 37.1 Å². The van der Waals surface area contributed by atoms with Crippen LogP contribution in [0.3, 0.4) is 0 Å². The fourth-order valence-corrected chi connectivity index (χ4v) is 3.23. The minimum absolute atomic E-state index is 0.156. The number of amides is 2. The number of nitrogens with one attached hydrogen (secondary N) is 2. The molecule has 2 aromatic rings. The number of hydrogen-bond acceptors (Lipinski definition) is 6. The molecule has 1 heterocycles. The van der Waals surface area contributed by atoms with Gasteiger partial charge in [0.05, 0.1) is 16.2 Å². The molecule has 0 spiro atoms. The van der Waals surface area contributed by atoms with E-state index in [9.17, 15) is 19.7 Å². The Bertz CT molecular complexity index is 938. The Labute approximate surface area is 168 Å². The molecule has 1 fully saturated rings. The van der Waals surface area contributed by atoms with E-state index in [0.717, 1.165) is 31.6 Å². The van der Waals surface area contributed by atoms with Crippen molar-refractivity contribution in [3.8, 4) is 0 Å². The summed E-state index contributed by atoms with van der Waals surface area (Å²) in [6, 6.07) is 11.2. The number of hydrogen-bond donors (Lipinski definition) is 2. The first-order chi connectivity index (χ1) is 13.9. The minimum atomic E-state index is -0.604. The van der Waals surface area contributed by atoms with Crippen molar-refractivity contribution in [3.05, 3.63) is 63.7 Å². The van der Waals surface area contributed by atoms with Crippen molar-refractivity contribution in [2.75, 3.05) is 37.0 Å². The van der Waals surface area contributed by atoms with Crippen molar-refractivity contribution in [3.63, 3.8) is 0 Å². The molecule has 0 radical (unpaired) electrons. The lowest BCUT2D eigenvalue weighted by molar-refractivity contribution is -0.384. The van der Waals surface area contributed by atoms with E-state index in [2.05, 4.69) is 10.9 Å². The number of anilines is 2. The van der Waals surface area contributed by atoms with Crippen molar-refractivity contribution in [2.24, 2.45) is 0 Å². The van der Waals surface area contributed by atoms with E-state index < -0.39 is 16.7 Å². The first-order valence-corrected chi connectivity index (χ1v) is 9.28. The average molecular weight is 397 g/mol. The second-order valence-corrected chi connectivity index (χ2v) is 7.01. The Kier molecular flexibility index (Phi) is 5.96. The summed E-state index contributed by atoms with van der Waals surface area (Å²) in [4.78, 5) is 39.6. The number of non-ortho nitro benzene ring substituents is 1. The van der Waals surface area contributed by atoms with Crippen LogP contribution in [-0.4, -0.2) is 43.9 Å². The zero-order valence-corrected chi connectivity index (χ0v) is 16.3. The second-order valence-electron chi connectivity index (χ2n) is 7.01. The number of nitrogens with zero attached hydrogens (tertiary/aromatic N) is 3. The van der Waals surface area contributed by atoms with E-state index in [1.807, 2.05) is 30.0 Å². The van der Waals surface area contributed by atoms with Gasteiger partial charge in [-0.2, -0.15) is 0 Å². The Hall–Kier alpha value is -3.62. The number of hydrazine groups is 1. The highest BCUT2D eigenvalue weighted by molar-refractivity contribution is 6.03. The molecule has 0 atom stereocenters. The van der Waals surface area contributed by atoms with Crippen molar-refractivity contribution >= 4 is 28.9 Å². The Balaban J connectivity index is 1.77. The summed E-state index contributed by atoms with van der Waals surface area (Å²) in [5.74, 6) is -1.08. The number of rotatable bonds is 5. The van der Waals surface area contributed by atoms with Gasteiger partial charge in [-0.3, -0.25) is 30.6 Å². The molecule has 2 N–H and O–H groups in total. The summed E-state index contributed by atoms with van der Waals surface area (Å²) in [5.41, 5.74) is 6.59. The van der Waals surface area contributed by atoms with Gasteiger partial charge in [0.1, 0.15) is 0 Å². The smallest absolute Gasteiger partial charge is 0.272 e. The Morgan fingerprint density at radius 1 is 1.03 bits per heavy atom. The molecule has 1 saturated heterocycles. The number of nitro groups is 1. The molecule has 9 nitrogen and oxygen atoms in total. The van der Waals surface area contributed by atoms with Gasteiger partial charge in [0.2, 0.25) is 0 Å². The number of carbonyl (C=O) groups is 2. The zero-order chi connectivity index (χ0) is 21.0. The topological polar surface area (TPSA) is 108 Å². The molecule has 9 heteroatoms. The maximum absolute atomic E-state index is 12.7. The van der Waals surface area contributed by atoms with Gasteiger partial charge in [-0.1, -0.05) is 6.07 Å². The van der Waals surface area contributed by atoms with Gasteiger partial charge in [0.15, 0.2) is 0 Å². The van der Waals surface area contributed by atoms with Crippen molar-refractivity contribution in [1.29, 1.82) is 0 Å². The SMILES string of the molecule is CN(C)c1cccc(C(=O)NNC(=O)c2cc([N+](=O)[O-])ccc2N2CCCC2)c1. The van der Waals surface area contributed by atoms with Gasteiger partial charge in [0, 0.05) is 50.6 Å². The molecule has 2 amide bonds. The molecular formula is C20H23N5O4. The standard InChI is InChI=1S/C20H23N5O4/c1-23(2)15-7-5-6-14(12-15)19(26)21-22-20(27)17-13-16(25(28)29)8-9-18(17)24-10-3-4-11-24/h5-9,12-13H,3-4,10-11H2,1-2H3,(H,21,26)(H,22,27). The van der Waals surface area contributed by atoms with Gasteiger partial charge in [-0.15, -0.1) is 0 Å². The highest BCUT2D eigenvalue weighted by atomic mass is 16.6. The van der Waals surface area contributed by atoms with E-state index in [1.165, 1.54) is 12.1 Å².